The van der Waals surface area contributed by atoms with Gasteiger partial charge in [0.25, 0.3) is 0 Å². The lowest BCUT2D eigenvalue weighted by Gasteiger charge is -2.14. The lowest BCUT2D eigenvalue weighted by molar-refractivity contribution is -0.138. The number of anilines is 1. The van der Waals surface area contributed by atoms with Crippen LogP contribution in [0.4, 0.5) is 5.69 Å². The highest BCUT2D eigenvalue weighted by Crippen LogP contribution is 2.27. The fraction of sp³-hybridized carbons (Fsp3) is 0.438. The number of carbonyl (C=O) groups is 3. The zero-order chi connectivity index (χ0) is 17.5. The van der Waals surface area contributed by atoms with Crippen LogP contribution in [0.2, 0.25) is 5.02 Å². The first-order valence-electron chi connectivity index (χ1n) is 7.55. The molecule has 0 unspecified atom stereocenters. The zero-order valence-electron chi connectivity index (χ0n) is 13.3. The second kappa shape index (κ2) is 8.65. The van der Waals surface area contributed by atoms with Crippen molar-refractivity contribution in [3.63, 3.8) is 0 Å². The Morgan fingerprint density at radius 3 is 2.58 bits per heavy atom. The highest BCUT2D eigenvalue weighted by molar-refractivity contribution is 6.32. The monoisotopic (exact) mass is 354 g/mol. The maximum atomic E-state index is 11.9. The van der Waals surface area contributed by atoms with E-state index in [0.29, 0.717) is 29.7 Å². The molecule has 24 heavy (non-hydrogen) atoms. The number of nitrogens with one attached hydrogen (secondary N) is 1. The molecule has 1 fully saturated rings. The van der Waals surface area contributed by atoms with Gasteiger partial charge in [0.05, 0.1) is 11.6 Å². The molecule has 0 spiro atoms. The molecular weight excluding hydrogens is 336 g/mol. The van der Waals surface area contributed by atoms with E-state index in [1.807, 2.05) is 0 Å². The second-order valence-electron chi connectivity index (χ2n) is 5.22. The molecule has 0 atom stereocenters. The summed E-state index contributed by atoms with van der Waals surface area (Å²) < 4.78 is 10.3. The molecule has 1 aromatic rings. The normalized spacial score (nSPS) is 14.2. The van der Waals surface area contributed by atoms with Crippen molar-refractivity contribution in [2.24, 2.45) is 0 Å². The minimum absolute atomic E-state index is 0.0428. The molecule has 1 N–H and O–H groups in total. The molecular formula is C16H19ClN2O5. The Kier molecular flexibility index (Phi) is 6.57. The van der Waals surface area contributed by atoms with E-state index in [2.05, 4.69) is 5.32 Å². The van der Waals surface area contributed by atoms with E-state index in [1.165, 1.54) is 0 Å². The minimum Gasteiger partial charge on any atom is -0.490 e. The van der Waals surface area contributed by atoms with Crippen LogP contribution in [-0.2, 0) is 19.1 Å². The van der Waals surface area contributed by atoms with Crippen LogP contribution in [0.3, 0.4) is 0 Å². The van der Waals surface area contributed by atoms with Gasteiger partial charge >= 0.3 is 0 Å². The van der Waals surface area contributed by atoms with Crippen molar-refractivity contribution in [3.05, 3.63) is 23.2 Å². The molecule has 3 amide bonds. The quantitative estimate of drug-likeness (QED) is 0.568. The van der Waals surface area contributed by atoms with Crippen LogP contribution in [0.25, 0.3) is 0 Å². The number of carbonyl (C=O) groups excluding carboxylic acids is 3. The van der Waals surface area contributed by atoms with E-state index >= 15 is 0 Å². The van der Waals surface area contributed by atoms with Gasteiger partial charge in [-0.3, -0.25) is 19.3 Å². The van der Waals surface area contributed by atoms with Gasteiger partial charge in [0.2, 0.25) is 17.7 Å². The molecule has 1 heterocycles. The summed E-state index contributed by atoms with van der Waals surface area (Å²) in [6.45, 7) is 0.915. The molecule has 0 aromatic heterocycles. The molecule has 0 aliphatic carbocycles. The summed E-state index contributed by atoms with van der Waals surface area (Å²) in [7, 11) is 1.58. The second-order valence-corrected chi connectivity index (χ2v) is 5.63. The van der Waals surface area contributed by atoms with Crippen LogP contribution in [0.1, 0.15) is 19.3 Å². The molecule has 8 heteroatoms. The average Bonchev–Trinajstić information content (AvgIpc) is 2.86. The predicted molar refractivity (Wildman–Crippen MR) is 88.0 cm³/mol. The van der Waals surface area contributed by atoms with Gasteiger partial charge in [0.15, 0.2) is 0 Å². The largest absolute Gasteiger partial charge is 0.490 e. The third kappa shape index (κ3) is 4.94. The molecule has 0 bridgehead atoms. The van der Waals surface area contributed by atoms with Crippen molar-refractivity contribution in [3.8, 4) is 5.75 Å². The van der Waals surface area contributed by atoms with Crippen molar-refractivity contribution in [2.45, 2.75) is 19.3 Å². The number of halogens is 1. The van der Waals surface area contributed by atoms with Crippen LogP contribution in [0.5, 0.6) is 5.75 Å². The molecule has 2 rings (SSSR count). The summed E-state index contributed by atoms with van der Waals surface area (Å²) in [6, 6.07) is 4.90. The summed E-state index contributed by atoms with van der Waals surface area (Å²) in [5.41, 5.74) is 0.517. The van der Waals surface area contributed by atoms with E-state index in [9.17, 15) is 14.4 Å². The smallest absolute Gasteiger partial charge is 0.229 e. The third-order valence-electron chi connectivity index (χ3n) is 3.48. The van der Waals surface area contributed by atoms with Crippen LogP contribution in [0.15, 0.2) is 18.2 Å². The molecule has 1 aliphatic rings. The Bertz CT molecular complexity index is 619. The Morgan fingerprint density at radius 1 is 1.25 bits per heavy atom. The van der Waals surface area contributed by atoms with E-state index < -0.39 is 0 Å². The van der Waals surface area contributed by atoms with Crippen LogP contribution in [-0.4, -0.2) is 49.5 Å². The molecule has 0 saturated carbocycles. The van der Waals surface area contributed by atoms with Gasteiger partial charge in [-0.1, -0.05) is 11.6 Å². The lowest BCUT2D eigenvalue weighted by Crippen LogP contribution is -2.32. The standard InChI is InChI=1S/C16H19ClN2O5/c1-23-8-9-24-13-3-2-11(10-12(13)17)18-14(20)6-7-19-15(21)4-5-16(19)22/h2-3,10H,4-9H2,1H3,(H,18,20). The highest BCUT2D eigenvalue weighted by atomic mass is 35.5. The van der Waals surface area contributed by atoms with Crippen molar-refractivity contribution >= 4 is 35.0 Å². The number of benzene rings is 1. The number of ether oxygens (including phenoxy) is 2. The Hall–Kier alpha value is -2.12. The van der Waals surface area contributed by atoms with E-state index in [0.717, 1.165) is 4.90 Å². The number of hydrogen-bond acceptors (Lipinski definition) is 5. The number of likely N-dealkylation sites (tertiary alicyclic amines) is 1. The van der Waals surface area contributed by atoms with Gasteiger partial charge in [0, 0.05) is 38.6 Å². The number of imide groups is 1. The number of methoxy groups -OCH3 is 1. The van der Waals surface area contributed by atoms with Gasteiger partial charge < -0.3 is 14.8 Å². The summed E-state index contributed by atoms with van der Waals surface area (Å²) in [4.78, 5) is 36.0. The molecule has 1 saturated heterocycles. The van der Waals surface area contributed by atoms with Crippen LogP contribution < -0.4 is 10.1 Å². The first-order valence-corrected chi connectivity index (χ1v) is 7.93. The summed E-state index contributed by atoms with van der Waals surface area (Å²) in [5.74, 6) is -0.256. The van der Waals surface area contributed by atoms with Gasteiger partial charge in [-0.15, -0.1) is 0 Å². The Labute approximate surface area is 144 Å². The number of rotatable bonds is 8. The summed E-state index contributed by atoms with van der Waals surface area (Å²) in [5, 5.41) is 3.05. The van der Waals surface area contributed by atoms with E-state index in [-0.39, 0.29) is 43.5 Å². The Morgan fingerprint density at radius 2 is 1.96 bits per heavy atom. The van der Waals surface area contributed by atoms with Crippen molar-refractivity contribution in [1.29, 1.82) is 0 Å². The van der Waals surface area contributed by atoms with Gasteiger partial charge in [0.1, 0.15) is 12.4 Å². The summed E-state index contributed by atoms with van der Waals surface area (Å²) >= 11 is 6.10. The minimum atomic E-state index is -0.299. The molecule has 130 valence electrons. The van der Waals surface area contributed by atoms with Crippen molar-refractivity contribution in [2.75, 3.05) is 32.2 Å². The van der Waals surface area contributed by atoms with Crippen molar-refractivity contribution in [1.82, 2.24) is 4.90 Å². The molecule has 1 aliphatic heterocycles. The topological polar surface area (TPSA) is 84.9 Å². The van der Waals surface area contributed by atoms with Gasteiger partial charge in [-0.05, 0) is 18.2 Å². The highest BCUT2D eigenvalue weighted by Gasteiger charge is 2.28. The third-order valence-corrected chi connectivity index (χ3v) is 3.77. The van der Waals surface area contributed by atoms with E-state index in [1.54, 1.807) is 25.3 Å². The molecule has 1 aromatic carbocycles. The van der Waals surface area contributed by atoms with Crippen molar-refractivity contribution < 1.29 is 23.9 Å². The van der Waals surface area contributed by atoms with E-state index in [4.69, 9.17) is 21.1 Å². The maximum Gasteiger partial charge on any atom is 0.229 e. The van der Waals surface area contributed by atoms with Gasteiger partial charge in [-0.2, -0.15) is 0 Å². The fourth-order valence-corrected chi connectivity index (χ4v) is 2.47. The average molecular weight is 355 g/mol. The first kappa shape index (κ1) is 18.2. The number of nitrogens with zero attached hydrogens (tertiary/aromatic N) is 1. The first-order chi connectivity index (χ1) is 11.5. The SMILES string of the molecule is COCCOc1ccc(NC(=O)CCN2C(=O)CCC2=O)cc1Cl. The lowest BCUT2D eigenvalue weighted by atomic mass is 10.3. The van der Waals surface area contributed by atoms with Crippen LogP contribution >= 0.6 is 11.6 Å². The predicted octanol–water partition coefficient (Wildman–Crippen LogP) is 1.84. The van der Waals surface area contributed by atoms with Gasteiger partial charge in [-0.25, -0.2) is 0 Å². The summed E-state index contributed by atoms with van der Waals surface area (Å²) in [6.07, 6.45) is 0.488. The Balaban J connectivity index is 1.84. The van der Waals surface area contributed by atoms with Crippen LogP contribution in [0, 0.1) is 0 Å². The molecule has 0 radical (unpaired) electrons. The number of amides is 3. The zero-order valence-corrected chi connectivity index (χ0v) is 14.1. The molecule has 7 nitrogen and oxygen atoms in total. The fourth-order valence-electron chi connectivity index (χ4n) is 2.24. The maximum absolute atomic E-state index is 11.9. The number of hydrogen-bond donors (Lipinski definition) is 1.